The number of benzene rings is 1. The van der Waals surface area contributed by atoms with Crippen LogP contribution in [0, 0.1) is 0 Å². The van der Waals surface area contributed by atoms with Gasteiger partial charge in [0.15, 0.2) is 53.4 Å². The molecule has 4 fully saturated rings. The Balaban J connectivity index is 0.965. The molecule has 4 N–H and O–H groups in total. The number of hydrogen-bond acceptors (Lipinski definition) is 16. The molecule has 0 unspecified atom stereocenters. The second kappa shape index (κ2) is 15.3. The zero-order valence-corrected chi connectivity index (χ0v) is 33.5. The molecule has 4 aliphatic heterocycles. The number of phenols is 1. The third-order valence-corrected chi connectivity index (χ3v) is 12.7. The summed E-state index contributed by atoms with van der Waals surface area (Å²) < 4.78 is 41.9. The highest BCUT2D eigenvalue weighted by atomic mass is 16.7. The highest BCUT2D eigenvalue weighted by molar-refractivity contribution is 6.32. The number of fused-ring (bicyclic) bond motifs is 3. The molecule has 0 spiro atoms. The maximum absolute atomic E-state index is 14.3. The molecule has 0 aromatic heterocycles. The van der Waals surface area contributed by atoms with Gasteiger partial charge in [-0.1, -0.05) is 12.1 Å². The first-order valence-corrected chi connectivity index (χ1v) is 20.2. The molecule has 16 heteroatoms. The smallest absolute Gasteiger partial charge is 0.198 e. The van der Waals surface area contributed by atoms with Crippen LogP contribution < -0.4 is 0 Å². The van der Waals surface area contributed by atoms with E-state index >= 15 is 0 Å². The molecule has 1 aromatic carbocycles. The van der Waals surface area contributed by atoms with Crippen molar-refractivity contribution in [3.05, 3.63) is 64.3 Å². The fourth-order valence-corrected chi connectivity index (χ4v) is 9.58. The fraction of sp³-hybridized carbons (Fsp3) is 0.605. The van der Waals surface area contributed by atoms with Crippen molar-refractivity contribution >= 4 is 28.9 Å². The lowest BCUT2D eigenvalue weighted by Gasteiger charge is -2.53. The van der Waals surface area contributed by atoms with E-state index in [0.717, 1.165) is 6.08 Å². The van der Waals surface area contributed by atoms with Gasteiger partial charge in [0.2, 0.25) is 0 Å². The van der Waals surface area contributed by atoms with E-state index in [1.54, 1.807) is 27.7 Å². The van der Waals surface area contributed by atoms with Crippen LogP contribution in [-0.2, 0) is 47.5 Å². The largest absolute Gasteiger partial charge is 0.507 e. The quantitative estimate of drug-likeness (QED) is 0.310. The molecule has 7 aliphatic rings. The molecule has 0 radical (unpaired) electrons. The maximum Gasteiger partial charge on any atom is 0.198 e. The standard InChI is InChI=1S/C43H50O16/c1-19-26(44)8-11-32(54-19)57-29-10-13-34(56-21(29)3)59-41(5)17-31(47)43(52)36-25(14-15-42(43,51)18-41)38(49)35-24(39(36)50)7-6-23(37(35)48)30-16-28(46)40(22(4)53-30)58-33-12-9-27(45)20(2)55-33/h6-7,9,12,14-15,19-22,28-30,32-34,40,46,48,51-52H,8,10-11,13,16-18H2,1-5H3/t19-,20-,21-,22-,28-,29-,30+,32-,33-,34-,40+,41-,42-,43-/m0/s1. The van der Waals surface area contributed by atoms with E-state index in [1.807, 2.05) is 6.92 Å². The molecule has 1 aromatic rings. The molecule has 0 bridgehead atoms. The Hall–Kier alpha value is -3.81. The van der Waals surface area contributed by atoms with E-state index in [9.17, 15) is 44.4 Å². The zero-order chi connectivity index (χ0) is 42.3. The van der Waals surface area contributed by atoms with E-state index < -0.39 is 113 Å². The van der Waals surface area contributed by atoms with E-state index in [-0.39, 0.29) is 52.8 Å². The normalized spacial score (nSPS) is 42.4. The average Bonchev–Trinajstić information content (AvgIpc) is 3.16. The zero-order valence-electron chi connectivity index (χ0n) is 33.5. The summed E-state index contributed by atoms with van der Waals surface area (Å²) in [7, 11) is 0. The molecule has 3 saturated heterocycles. The van der Waals surface area contributed by atoms with Crippen LogP contribution in [-0.4, -0.2) is 128 Å². The van der Waals surface area contributed by atoms with Gasteiger partial charge in [-0.25, -0.2) is 0 Å². The summed E-state index contributed by atoms with van der Waals surface area (Å²) in [5.74, 6) is -3.47. The minimum absolute atomic E-state index is 0.0255. The molecule has 4 heterocycles. The Labute approximate surface area is 340 Å². The number of aliphatic hydroxyl groups is 3. The van der Waals surface area contributed by atoms with Crippen molar-refractivity contribution in [2.45, 2.75) is 164 Å². The van der Waals surface area contributed by atoms with Gasteiger partial charge in [0, 0.05) is 55.2 Å². The van der Waals surface area contributed by atoms with Gasteiger partial charge in [-0.15, -0.1) is 0 Å². The number of aliphatic hydroxyl groups excluding tert-OH is 1. The lowest BCUT2D eigenvalue weighted by molar-refractivity contribution is -0.296. The number of ketones is 5. The van der Waals surface area contributed by atoms with Crippen LogP contribution in [0.1, 0.15) is 112 Å². The summed E-state index contributed by atoms with van der Waals surface area (Å²) >= 11 is 0. The minimum Gasteiger partial charge on any atom is -0.507 e. The molecule has 1 saturated carbocycles. The number of rotatable bonds is 7. The molecule has 318 valence electrons. The molecule has 3 aliphatic carbocycles. The van der Waals surface area contributed by atoms with E-state index in [4.69, 9.17) is 33.2 Å². The minimum atomic E-state index is -2.82. The number of ether oxygens (including phenoxy) is 7. The summed E-state index contributed by atoms with van der Waals surface area (Å²) in [6.45, 7) is 8.36. The summed E-state index contributed by atoms with van der Waals surface area (Å²) in [5, 5.41) is 47.0. The predicted octanol–water partition coefficient (Wildman–Crippen LogP) is 2.71. The lowest BCUT2D eigenvalue weighted by Crippen LogP contribution is -2.69. The highest BCUT2D eigenvalue weighted by Crippen LogP contribution is 2.53. The highest BCUT2D eigenvalue weighted by Gasteiger charge is 2.67. The second-order valence-electron chi connectivity index (χ2n) is 17.1. The second-order valence-corrected chi connectivity index (χ2v) is 17.1. The SMILES string of the molecule is C[C@@H]1O[C@@H](O[C@@H]2[C@H](C)O[C@@H](c3ccc4c(c3O)C(=O)C3=C(C4=O)[C@@]4(O)C(=O)C[C@](C)(O[C@H]5CC[C@H](O[C@H]6CCC(=O)[C@H](C)O6)[C@H](C)O5)C[C@@]4(O)C=C3)C[C@@H]2O)C=CC1=O. The Morgan fingerprint density at radius 3 is 2.29 bits per heavy atom. The Bertz CT molecular complexity index is 2040. The van der Waals surface area contributed by atoms with Gasteiger partial charge >= 0.3 is 0 Å². The molecule has 8 rings (SSSR count). The van der Waals surface area contributed by atoms with E-state index in [2.05, 4.69) is 0 Å². The van der Waals surface area contributed by atoms with Crippen molar-refractivity contribution in [2.24, 2.45) is 0 Å². The predicted molar refractivity (Wildman–Crippen MR) is 201 cm³/mol. The van der Waals surface area contributed by atoms with Crippen LogP contribution in [0.4, 0.5) is 0 Å². The van der Waals surface area contributed by atoms with Crippen LogP contribution in [0.25, 0.3) is 0 Å². The Morgan fingerprint density at radius 1 is 0.831 bits per heavy atom. The Morgan fingerprint density at radius 2 is 1.59 bits per heavy atom. The molecule has 16 nitrogen and oxygen atoms in total. The van der Waals surface area contributed by atoms with Gasteiger partial charge in [0.05, 0.1) is 47.3 Å². The first-order chi connectivity index (χ1) is 27.8. The van der Waals surface area contributed by atoms with Gasteiger partial charge in [-0.2, -0.15) is 0 Å². The fourth-order valence-electron chi connectivity index (χ4n) is 9.58. The van der Waals surface area contributed by atoms with E-state index in [1.165, 1.54) is 30.4 Å². The number of aromatic hydroxyl groups is 1. The monoisotopic (exact) mass is 822 g/mol. The first-order valence-electron chi connectivity index (χ1n) is 20.2. The van der Waals surface area contributed by atoms with Crippen molar-refractivity contribution in [1.82, 2.24) is 0 Å². The topological polar surface area (TPSA) is 231 Å². The lowest BCUT2D eigenvalue weighted by atomic mass is 9.57. The molecule has 59 heavy (non-hydrogen) atoms. The number of Topliss-reactive ketones (excluding diaryl/α,β-unsaturated/α-hetero) is 4. The van der Waals surface area contributed by atoms with Crippen molar-refractivity contribution in [3.63, 3.8) is 0 Å². The summed E-state index contributed by atoms with van der Waals surface area (Å²) in [6.07, 6.45) is -2.00. The van der Waals surface area contributed by atoms with Crippen LogP contribution in [0.5, 0.6) is 5.75 Å². The van der Waals surface area contributed by atoms with Crippen LogP contribution in [0.15, 0.2) is 47.6 Å². The summed E-state index contributed by atoms with van der Waals surface area (Å²) in [5.41, 5.74) is -8.02. The number of allylic oxidation sites excluding steroid dienone is 2. The van der Waals surface area contributed by atoms with Crippen molar-refractivity contribution < 1.29 is 77.6 Å². The van der Waals surface area contributed by atoms with Crippen LogP contribution in [0.2, 0.25) is 0 Å². The summed E-state index contributed by atoms with van der Waals surface area (Å²) in [4.78, 5) is 66.3. The number of carbonyl (C=O) groups excluding carboxylic acids is 5. The van der Waals surface area contributed by atoms with Crippen molar-refractivity contribution in [3.8, 4) is 5.75 Å². The maximum atomic E-state index is 14.3. The van der Waals surface area contributed by atoms with Crippen LogP contribution >= 0.6 is 0 Å². The summed E-state index contributed by atoms with van der Waals surface area (Å²) in [6, 6.07) is 2.67. The molecule has 14 atom stereocenters. The van der Waals surface area contributed by atoms with E-state index in [0.29, 0.717) is 25.7 Å². The Kier molecular flexibility index (Phi) is 10.8. The van der Waals surface area contributed by atoms with Gasteiger partial charge in [0.25, 0.3) is 0 Å². The van der Waals surface area contributed by atoms with Crippen molar-refractivity contribution in [1.29, 1.82) is 0 Å². The number of carbonyl (C=O) groups is 5. The molecular formula is C43H50O16. The van der Waals surface area contributed by atoms with Gasteiger partial charge in [0.1, 0.15) is 29.7 Å². The number of phenolic OH excluding ortho intramolecular Hbond substituents is 1. The van der Waals surface area contributed by atoms with Crippen LogP contribution in [0.3, 0.4) is 0 Å². The van der Waals surface area contributed by atoms with Gasteiger partial charge in [-0.3, -0.25) is 24.0 Å². The van der Waals surface area contributed by atoms with Gasteiger partial charge < -0.3 is 53.6 Å². The van der Waals surface area contributed by atoms with Crippen molar-refractivity contribution in [2.75, 3.05) is 0 Å². The third kappa shape index (κ3) is 7.20. The third-order valence-electron chi connectivity index (χ3n) is 12.7. The first kappa shape index (κ1) is 41.9. The number of hydrogen-bond donors (Lipinski definition) is 4. The van der Waals surface area contributed by atoms with Gasteiger partial charge in [-0.05, 0) is 65.3 Å². The molecule has 0 amide bonds. The average molecular weight is 823 g/mol. The molecular weight excluding hydrogens is 772 g/mol.